The number of rotatable bonds is 4. The van der Waals surface area contributed by atoms with Gasteiger partial charge in [-0.3, -0.25) is 0 Å². The summed E-state index contributed by atoms with van der Waals surface area (Å²) in [7, 11) is 1.38. The molecule has 2 aromatic rings. The summed E-state index contributed by atoms with van der Waals surface area (Å²) in [5.41, 5.74) is 3.64. The van der Waals surface area contributed by atoms with Gasteiger partial charge in [0.05, 0.1) is 12.7 Å². The molecule has 0 unspecified atom stereocenters. The number of ether oxygens (including phenoxy) is 1. The maximum absolute atomic E-state index is 11.6. The molecule has 2 aromatic carbocycles. The van der Waals surface area contributed by atoms with Crippen LogP contribution >= 0.6 is 11.6 Å². The van der Waals surface area contributed by atoms with Crippen LogP contribution in [-0.2, 0) is 11.2 Å². The average Bonchev–Trinajstić information content (AvgIpc) is 2.48. The molecule has 0 aliphatic heterocycles. The topological polar surface area (TPSA) is 26.3 Å². The lowest BCUT2D eigenvalue weighted by atomic mass is 9.98. The van der Waals surface area contributed by atoms with E-state index in [4.69, 9.17) is 16.3 Å². The lowest BCUT2D eigenvalue weighted by molar-refractivity contribution is 0.0601. The third-order valence-corrected chi connectivity index (χ3v) is 3.65. The molecule has 0 heterocycles. The number of benzene rings is 2. The highest BCUT2D eigenvalue weighted by molar-refractivity contribution is 6.31. The Balaban J connectivity index is 2.34. The minimum atomic E-state index is -0.334. The van der Waals surface area contributed by atoms with Crippen molar-refractivity contribution in [3.05, 3.63) is 58.6 Å². The van der Waals surface area contributed by atoms with Crippen LogP contribution in [-0.4, -0.2) is 13.1 Å². The highest BCUT2D eigenvalue weighted by Gasteiger charge is 2.09. The maximum atomic E-state index is 11.6. The fourth-order valence-corrected chi connectivity index (χ4v) is 2.53. The van der Waals surface area contributed by atoms with E-state index in [1.165, 1.54) is 7.11 Å². The van der Waals surface area contributed by atoms with Gasteiger partial charge >= 0.3 is 5.97 Å². The Labute approximate surface area is 130 Å². The van der Waals surface area contributed by atoms with Gasteiger partial charge in [-0.1, -0.05) is 49.7 Å². The van der Waals surface area contributed by atoms with Crippen LogP contribution in [0.25, 0.3) is 11.1 Å². The fourth-order valence-electron chi connectivity index (χ4n) is 2.28. The van der Waals surface area contributed by atoms with Crippen molar-refractivity contribution < 1.29 is 9.53 Å². The molecule has 21 heavy (non-hydrogen) atoms. The van der Waals surface area contributed by atoms with E-state index in [0.29, 0.717) is 11.5 Å². The molecule has 3 heteroatoms. The zero-order valence-corrected chi connectivity index (χ0v) is 13.3. The van der Waals surface area contributed by atoms with E-state index >= 15 is 0 Å². The first kappa shape index (κ1) is 15.6. The summed E-state index contributed by atoms with van der Waals surface area (Å²) in [5.74, 6) is 0.232. The molecular formula is C18H19ClO2. The summed E-state index contributed by atoms with van der Waals surface area (Å²) >= 11 is 6.36. The Morgan fingerprint density at radius 2 is 1.86 bits per heavy atom. The molecule has 0 amide bonds. The molecule has 0 spiro atoms. The van der Waals surface area contributed by atoms with Crippen LogP contribution in [0, 0.1) is 5.92 Å². The average molecular weight is 303 g/mol. The monoisotopic (exact) mass is 302 g/mol. The minimum absolute atomic E-state index is 0.334. The Hall–Kier alpha value is -1.80. The Morgan fingerprint density at radius 1 is 1.14 bits per heavy atom. The van der Waals surface area contributed by atoms with Crippen LogP contribution in [0.5, 0.6) is 0 Å². The van der Waals surface area contributed by atoms with Gasteiger partial charge in [0.25, 0.3) is 0 Å². The SMILES string of the molecule is COC(=O)c1cccc(-c2ccc(CC(C)C)c(Cl)c2)c1. The standard InChI is InChI=1S/C18H19ClO2/c1-12(2)9-15-8-7-14(11-17(15)19)13-5-4-6-16(10-13)18(20)21-3/h4-8,10-12H,9H2,1-3H3. The van der Waals surface area contributed by atoms with Gasteiger partial charge in [0.1, 0.15) is 0 Å². The second-order valence-electron chi connectivity index (χ2n) is 5.48. The van der Waals surface area contributed by atoms with Crippen molar-refractivity contribution in [1.29, 1.82) is 0 Å². The summed E-state index contributed by atoms with van der Waals surface area (Å²) in [5, 5.41) is 0.768. The predicted octanol–water partition coefficient (Wildman–Crippen LogP) is 4.99. The molecule has 2 rings (SSSR count). The molecule has 2 nitrogen and oxygen atoms in total. The van der Waals surface area contributed by atoms with Gasteiger partial charge < -0.3 is 4.74 Å². The largest absolute Gasteiger partial charge is 0.465 e. The Bertz CT molecular complexity index is 647. The maximum Gasteiger partial charge on any atom is 0.337 e. The number of hydrogen-bond donors (Lipinski definition) is 0. The highest BCUT2D eigenvalue weighted by atomic mass is 35.5. The molecule has 0 N–H and O–H groups in total. The van der Waals surface area contributed by atoms with Gasteiger partial charge in [0.2, 0.25) is 0 Å². The molecule has 0 radical (unpaired) electrons. The number of hydrogen-bond acceptors (Lipinski definition) is 2. The molecule has 0 aromatic heterocycles. The van der Waals surface area contributed by atoms with E-state index in [2.05, 4.69) is 19.9 Å². The van der Waals surface area contributed by atoms with E-state index in [0.717, 1.165) is 28.1 Å². The molecule has 0 saturated carbocycles. The molecule has 0 aliphatic carbocycles. The quantitative estimate of drug-likeness (QED) is 0.744. The first-order valence-electron chi connectivity index (χ1n) is 6.98. The summed E-state index contributed by atoms with van der Waals surface area (Å²) in [4.78, 5) is 11.6. The number of methoxy groups -OCH3 is 1. The molecule has 0 atom stereocenters. The molecule has 0 aliphatic rings. The van der Waals surface area contributed by atoms with Gasteiger partial charge in [-0.05, 0) is 47.2 Å². The highest BCUT2D eigenvalue weighted by Crippen LogP contribution is 2.27. The summed E-state index contributed by atoms with van der Waals surface area (Å²) < 4.78 is 4.75. The van der Waals surface area contributed by atoms with Gasteiger partial charge in [0.15, 0.2) is 0 Å². The van der Waals surface area contributed by atoms with E-state index < -0.39 is 0 Å². The molecule has 0 fully saturated rings. The molecule has 110 valence electrons. The lowest BCUT2D eigenvalue weighted by Crippen LogP contribution is -2.00. The lowest BCUT2D eigenvalue weighted by Gasteiger charge is -2.10. The van der Waals surface area contributed by atoms with Crippen molar-refractivity contribution >= 4 is 17.6 Å². The van der Waals surface area contributed by atoms with Crippen LogP contribution in [0.15, 0.2) is 42.5 Å². The van der Waals surface area contributed by atoms with Crippen molar-refractivity contribution in [2.75, 3.05) is 7.11 Å². The Kier molecular flexibility index (Phi) is 5.03. The first-order chi connectivity index (χ1) is 10.0. The van der Waals surface area contributed by atoms with Crippen molar-refractivity contribution in [2.45, 2.75) is 20.3 Å². The van der Waals surface area contributed by atoms with E-state index in [1.54, 1.807) is 6.07 Å². The van der Waals surface area contributed by atoms with Gasteiger partial charge in [-0.15, -0.1) is 0 Å². The van der Waals surface area contributed by atoms with Crippen LogP contribution < -0.4 is 0 Å². The zero-order valence-electron chi connectivity index (χ0n) is 12.5. The third kappa shape index (κ3) is 3.85. The van der Waals surface area contributed by atoms with Crippen LogP contribution in [0.1, 0.15) is 29.8 Å². The fraction of sp³-hybridized carbons (Fsp3) is 0.278. The first-order valence-corrected chi connectivity index (χ1v) is 7.36. The van der Waals surface area contributed by atoms with Crippen LogP contribution in [0.2, 0.25) is 5.02 Å². The van der Waals surface area contributed by atoms with Crippen molar-refractivity contribution in [3.63, 3.8) is 0 Å². The number of esters is 1. The molecule has 0 bridgehead atoms. The third-order valence-electron chi connectivity index (χ3n) is 3.30. The van der Waals surface area contributed by atoms with Gasteiger partial charge in [0, 0.05) is 5.02 Å². The van der Waals surface area contributed by atoms with Gasteiger partial charge in [-0.2, -0.15) is 0 Å². The van der Waals surface area contributed by atoms with Gasteiger partial charge in [-0.25, -0.2) is 4.79 Å². The normalized spacial score (nSPS) is 10.7. The van der Waals surface area contributed by atoms with Crippen molar-refractivity contribution in [3.8, 4) is 11.1 Å². The smallest absolute Gasteiger partial charge is 0.337 e. The van der Waals surface area contributed by atoms with Crippen molar-refractivity contribution in [2.24, 2.45) is 5.92 Å². The van der Waals surface area contributed by atoms with Crippen molar-refractivity contribution in [1.82, 2.24) is 0 Å². The number of carbonyl (C=O) groups excluding carboxylic acids is 1. The van der Waals surface area contributed by atoms with E-state index in [-0.39, 0.29) is 5.97 Å². The minimum Gasteiger partial charge on any atom is -0.465 e. The van der Waals surface area contributed by atoms with Crippen LogP contribution in [0.4, 0.5) is 0 Å². The molecular weight excluding hydrogens is 284 g/mol. The van der Waals surface area contributed by atoms with Crippen LogP contribution in [0.3, 0.4) is 0 Å². The van der Waals surface area contributed by atoms with E-state index in [1.807, 2.05) is 30.3 Å². The number of carbonyl (C=O) groups is 1. The second-order valence-corrected chi connectivity index (χ2v) is 5.88. The zero-order chi connectivity index (χ0) is 15.4. The summed E-state index contributed by atoms with van der Waals surface area (Å²) in [6.07, 6.45) is 0.960. The number of halogens is 1. The summed E-state index contributed by atoms with van der Waals surface area (Å²) in [6, 6.07) is 13.4. The predicted molar refractivity (Wildman–Crippen MR) is 86.8 cm³/mol. The second kappa shape index (κ2) is 6.77. The van der Waals surface area contributed by atoms with E-state index in [9.17, 15) is 4.79 Å². The Morgan fingerprint density at radius 3 is 2.48 bits per heavy atom. The molecule has 0 saturated heterocycles. The summed E-state index contributed by atoms with van der Waals surface area (Å²) in [6.45, 7) is 4.34.